The number of carboxylic acid groups (broad SMARTS) is 1. The third-order valence-corrected chi connectivity index (χ3v) is 3.52. The number of carbonyl (C=O) groups is 2. The highest BCUT2D eigenvalue weighted by atomic mass is 79.9. The van der Waals surface area contributed by atoms with Gasteiger partial charge in [0, 0.05) is 16.8 Å². The van der Waals surface area contributed by atoms with Crippen molar-refractivity contribution in [3.8, 4) is 0 Å². The Labute approximate surface area is 119 Å². The van der Waals surface area contributed by atoms with Gasteiger partial charge >= 0.3 is 5.97 Å². The smallest absolute Gasteiger partial charge is 0.335 e. The van der Waals surface area contributed by atoms with E-state index in [4.69, 9.17) is 9.84 Å². The first-order chi connectivity index (χ1) is 8.97. The van der Waals surface area contributed by atoms with Crippen LogP contribution < -0.4 is 5.32 Å². The van der Waals surface area contributed by atoms with E-state index in [-0.39, 0.29) is 17.4 Å². The number of hydrogen-bond acceptors (Lipinski definition) is 3. The first-order valence-corrected chi connectivity index (χ1v) is 6.73. The Morgan fingerprint density at radius 2 is 2.16 bits per heavy atom. The number of amides is 1. The van der Waals surface area contributed by atoms with Crippen LogP contribution in [0.25, 0.3) is 0 Å². The molecular weight excluding hydrogens is 314 g/mol. The largest absolute Gasteiger partial charge is 0.478 e. The molecule has 1 aromatic rings. The van der Waals surface area contributed by atoms with E-state index in [2.05, 4.69) is 21.2 Å². The molecule has 0 aromatic heterocycles. The average molecular weight is 328 g/mol. The van der Waals surface area contributed by atoms with E-state index in [9.17, 15) is 9.59 Å². The van der Waals surface area contributed by atoms with Crippen molar-refractivity contribution in [3.05, 3.63) is 28.2 Å². The van der Waals surface area contributed by atoms with E-state index in [1.165, 1.54) is 12.1 Å². The van der Waals surface area contributed by atoms with Crippen molar-refractivity contribution in [2.45, 2.75) is 19.4 Å². The fraction of sp³-hybridized carbons (Fsp3) is 0.385. The normalized spacial score (nSPS) is 22.2. The summed E-state index contributed by atoms with van der Waals surface area (Å²) in [6, 6.07) is 4.56. The predicted molar refractivity (Wildman–Crippen MR) is 73.3 cm³/mol. The van der Waals surface area contributed by atoms with E-state index >= 15 is 0 Å². The second-order valence-corrected chi connectivity index (χ2v) is 5.50. The van der Waals surface area contributed by atoms with Crippen LogP contribution in [0.4, 0.5) is 5.69 Å². The molecule has 1 aliphatic heterocycles. The number of halogens is 1. The lowest BCUT2D eigenvalue weighted by molar-refractivity contribution is -0.126. The summed E-state index contributed by atoms with van der Waals surface area (Å²) in [6.07, 6.45) is 0.393. The van der Waals surface area contributed by atoms with Crippen molar-refractivity contribution in [1.82, 2.24) is 0 Å². The second-order valence-electron chi connectivity index (χ2n) is 4.58. The van der Waals surface area contributed by atoms with Crippen LogP contribution >= 0.6 is 15.9 Å². The van der Waals surface area contributed by atoms with Crippen LogP contribution in [0.15, 0.2) is 22.7 Å². The quantitative estimate of drug-likeness (QED) is 0.894. The van der Waals surface area contributed by atoms with Gasteiger partial charge in [-0.05, 0) is 30.5 Å². The fourth-order valence-corrected chi connectivity index (χ4v) is 2.52. The zero-order valence-corrected chi connectivity index (χ0v) is 11.9. The van der Waals surface area contributed by atoms with Gasteiger partial charge in [0.05, 0.1) is 5.56 Å². The van der Waals surface area contributed by atoms with Crippen LogP contribution in [0.5, 0.6) is 0 Å². The minimum atomic E-state index is -1.04. The molecule has 1 aromatic carbocycles. The van der Waals surface area contributed by atoms with E-state index in [0.29, 0.717) is 16.8 Å². The highest BCUT2D eigenvalue weighted by Gasteiger charge is 2.30. The van der Waals surface area contributed by atoms with Crippen LogP contribution in [0.3, 0.4) is 0 Å². The van der Waals surface area contributed by atoms with Crippen molar-refractivity contribution in [1.29, 1.82) is 0 Å². The Bertz CT molecular complexity index is 517. The molecule has 19 heavy (non-hydrogen) atoms. The van der Waals surface area contributed by atoms with Crippen LogP contribution in [-0.2, 0) is 9.53 Å². The maximum Gasteiger partial charge on any atom is 0.335 e. The van der Waals surface area contributed by atoms with Gasteiger partial charge in [-0.2, -0.15) is 0 Å². The molecule has 2 atom stereocenters. The van der Waals surface area contributed by atoms with Gasteiger partial charge in [-0.15, -0.1) is 0 Å². The predicted octanol–water partition coefficient (Wildman–Crippen LogP) is 2.51. The molecule has 1 heterocycles. The Morgan fingerprint density at radius 3 is 2.74 bits per heavy atom. The summed E-state index contributed by atoms with van der Waals surface area (Å²) in [5.74, 6) is -1.10. The number of rotatable bonds is 3. The molecule has 2 unspecified atom stereocenters. The molecular formula is C13H14BrNO4. The van der Waals surface area contributed by atoms with Gasteiger partial charge in [-0.25, -0.2) is 4.79 Å². The zero-order chi connectivity index (χ0) is 14.0. The van der Waals surface area contributed by atoms with E-state index in [1.807, 2.05) is 6.92 Å². The maximum atomic E-state index is 12.0. The third-order valence-electron chi connectivity index (χ3n) is 3.06. The van der Waals surface area contributed by atoms with Gasteiger partial charge in [0.2, 0.25) is 0 Å². The van der Waals surface area contributed by atoms with Gasteiger partial charge < -0.3 is 15.2 Å². The first-order valence-electron chi connectivity index (χ1n) is 5.93. The fourth-order valence-electron chi connectivity index (χ4n) is 2.03. The molecule has 1 saturated heterocycles. The molecule has 1 fully saturated rings. The molecule has 0 radical (unpaired) electrons. The van der Waals surface area contributed by atoms with Gasteiger partial charge in [-0.1, -0.05) is 22.9 Å². The van der Waals surface area contributed by atoms with Crippen molar-refractivity contribution >= 4 is 33.5 Å². The van der Waals surface area contributed by atoms with Crippen LogP contribution in [0, 0.1) is 5.92 Å². The SMILES string of the molecule is CC1CCOC1C(=O)Nc1cc(Br)cc(C(=O)O)c1. The van der Waals surface area contributed by atoms with Gasteiger partial charge in [0.1, 0.15) is 6.10 Å². The summed E-state index contributed by atoms with van der Waals surface area (Å²) < 4.78 is 5.97. The Kier molecular flexibility index (Phi) is 4.21. The standard InChI is InChI=1S/C13H14BrNO4/c1-7-2-3-19-11(7)12(16)15-10-5-8(13(17)18)4-9(14)6-10/h4-7,11H,2-3H2,1H3,(H,15,16)(H,17,18). The average Bonchev–Trinajstić information content (AvgIpc) is 2.74. The Hall–Kier alpha value is -1.40. The summed E-state index contributed by atoms with van der Waals surface area (Å²) in [4.78, 5) is 23.0. The topological polar surface area (TPSA) is 75.6 Å². The monoisotopic (exact) mass is 327 g/mol. The molecule has 0 saturated carbocycles. The summed E-state index contributed by atoms with van der Waals surface area (Å²) in [6.45, 7) is 2.54. The summed E-state index contributed by atoms with van der Waals surface area (Å²) in [5.41, 5.74) is 0.560. The number of benzene rings is 1. The molecule has 0 spiro atoms. The molecule has 1 amide bonds. The van der Waals surface area contributed by atoms with Crippen molar-refractivity contribution in [2.24, 2.45) is 5.92 Å². The molecule has 0 aliphatic carbocycles. The lowest BCUT2D eigenvalue weighted by Gasteiger charge is -2.15. The van der Waals surface area contributed by atoms with Gasteiger partial charge in [0.25, 0.3) is 5.91 Å². The molecule has 1 aliphatic rings. The number of hydrogen-bond donors (Lipinski definition) is 2. The lowest BCUT2D eigenvalue weighted by Crippen LogP contribution is -2.31. The Balaban J connectivity index is 2.14. The number of nitrogens with one attached hydrogen (secondary N) is 1. The van der Waals surface area contributed by atoms with Crippen molar-refractivity contribution in [3.63, 3.8) is 0 Å². The summed E-state index contributed by atoms with van der Waals surface area (Å²) in [5, 5.41) is 11.7. The second kappa shape index (κ2) is 5.71. The molecule has 6 heteroatoms. The Morgan fingerprint density at radius 1 is 1.42 bits per heavy atom. The zero-order valence-electron chi connectivity index (χ0n) is 10.4. The third kappa shape index (κ3) is 3.33. The molecule has 2 N–H and O–H groups in total. The number of ether oxygens (including phenoxy) is 1. The highest BCUT2D eigenvalue weighted by Crippen LogP contribution is 2.24. The summed E-state index contributed by atoms with van der Waals surface area (Å²) >= 11 is 3.22. The van der Waals surface area contributed by atoms with E-state index in [0.717, 1.165) is 6.42 Å². The van der Waals surface area contributed by atoms with Crippen molar-refractivity contribution < 1.29 is 19.4 Å². The van der Waals surface area contributed by atoms with E-state index < -0.39 is 12.1 Å². The van der Waals surface area contributed by atoms with Crippen molar-refractivity contribution in [2.75, 3.05) is 11.9 Å². The minimum Gasteiger partial charge on any atom is -0.478 e. The van der Waals surface area contributed by atoms with Crippen LogP contribution in [-0.4, -0.2) is 29.7 Å². The minimum absolute atomic E-state index is 0.116. The number of carboxylic acids is 1. The molecule has 0 bridgehead atoms. The first kappa shape index (κ1) is 14.0. The highest BCUT2D eigenvalue weighted by molar-refractivity contribution is 9.10. The molecule has 5 nitrogen and oxygen atoms in total. The number of anilines is 1. The van der Waals surface area contributed by atoms with Gasteiger partial charge in [-0.3, -0.25) is 4.79 Å². The van der Waals surface area contributed by atoms with Gasteiger partial charge in [0.15, 0.2) is 0 Å². The number of aromatic carboxylic acids is 1. The van der Waals surface area contributed by atoms with Crippen LogP contribution in [0.1, 0.15) is 23.7 Å². The molecule has 102 valence electrons. The lowest BCUT2D eigenvalue weighted by atomic mass is 10.0. The van der Waals surface area contributed by atoms with Crippen LogP contribution in [0.2, 0.25) is 0 Å². The molecule has 2 rings (SSSR count). The summed E-state index contributed by atoms with van der Waals surface area (Å²) in [7, 11) is 0. The number of carbonyl (C=O) groups excluding carboxylic acids is 1. The van der Waals surface area contributed by atoms with E-state index in [1.54, 1.807) is 6.07 Å². The maximum absolute atomic E-state index is 12.0.